The smallest absolute Gasteiger partial charge is 0.273 e. The molecule has 0 aliphatic carbocycles. The highest BCUT2D eigenvalue weighted by Gasteiger charge is 2.16. The molecule has 2 aromatic heterocycles. The zero-order valence-electron chi connectivity index (χ0n) is 15.8. The molecule has 0 unspecified atom stereocenters. The van der Waals surface area contributed by atoms with Gasteiger partial charge in [-0.25, -0.2) is 23.1 Å². The van der Waals surface area contributed by atoms with E-state index in [4.69, 9.17) is 11.6 Å². The molecule has 4 rings (SSSR count). The number of anilines is 2. The number of H-pyrrole nitrogens is 1. The highest BCUT2D eigenvalue weighted by Crippen LogP contribution is 2.21. The standard InChI is InChI=1S/C20H15ClN6O3S/c21-14-4-2-13(3-5-14)17-12-18(26-25-17)19(28)24-15-6-8-16(9-7-15)31(29,30)27-20-22-10-1-11-23-20/h1-12H,(H,24,28)(H,25,26)(H,22,23,27). The van der Waals surface area contributed by atoms with E-state index in [2.05, 4.69) is 30.2 Å². The molecule has 0 saturated carbocycles. The van der Waals surface area contributed by atoms with Crippen LogP contribution in [0.5, 0.6) is 0 Å². The van der Waals surface area contributed by atoms with Crippen LogP contribution >= 0.6 is 11.6 Å². The Morgan fingerprint density at radius 2 is 1.65 bits per heavy atom. The lowest BCUT2D eigenvalue weighted by molar-refractivity contribution is 0.102. The molecule has 0 saturated heterocycles. The van der Waals surface area contributed by atoms with Gasteiger partial charge in [0.15, 0.2) is 0 Å². The van der Waals surface area contributed by atoms with Gasteiger partial charge in [-0.2, -0.15) is 5.10 Å². The van der Waals surface area contributed by atoms with Crippen molar-refractivity contribution in [2.75, 3.05) is 10.0 Å². The zero-order valence-corrected chi connectivity index (χ0v) is 17.4. The Morgan fingerprint density at radius 1 is 0.968 bits per heavy atom. The van der Waals surface area contributed by atoms with Crippen LogP contribution in [0, 0.1) is 0 Å². The molecule has 2 heterocycles. The first-order valence-electron chi connectivity index (χ1n) is 8.93. The third-order valence-corrected chi connectivity index (χ3v) is 5.77. The number of hydrogen-bond acceptors (Lipinski definition) is 6. The van der Waals surface area contributed by atoms with Crippen LogP contribution in [0.4, 0.5) is 11.6 Å². The highest BCUT2D eigenvalue weighted by molar-refractivity contribution is 7.92. The van der Waals surface area contributed by atoms with Gasteiger partial charge in [0, 0.05) is 28.7 Å². The summed E-state index contributed by atoms with van der Waals surface area (Å²) in [5.41, 5.74) is 2.08. The Hall–Kier alpha value is -3.76. The second-order valence-corrected chi connectivity index (χ2v) is 8.45. The summed E-state index contributed by atoms with van der Waals surface area (Å²) in [6.07, 6.45) is 2.86. The Kier molecular flexibility index (Phi) is 5.65. The summed E-state index contributed by atoms with van der Waals surface area (Å²) in [5.74, 6) is -0.449. The number of hydrogen-bond donors (Lipinski definition) is 3. The summed E-state index contributed by atoms with van der Waals surface area (Å²) in [4.78, 5) is 20.2. The number of benzene rings is 2. The SMILES string of the molecule is O=C(Nc1ccc(S(=O)(=O)Nc2ncccn2)cc1)c1cc(-c2ccc(Cl)cc2)n[nH]1. The largest absolute Gasteiger partial charge is 0.321 e. The number of carbonyl (C=O) groups is 1. The second-order valence-electron chi connectivity index (χ2n) is 6.33. The number of aromatic nitrogens is 4. The van der Waals surface area contributed by atoms with E-state index in [1.54, 1.807) is 36.4 Å². The summed E-state index contributed by atoms with van der Waals surface area (Å²) in [7, 11) is -3.85. The van der Waals surface area contributed by atoms with E-state index in [-0.39, 0.29) is 16.5 Å². The van der Waals surface area contributed by atoms with Crippen molar-refractivity contribution in [3.63, 3.8) is 0 Å². The molecular weight excluding hydrogens is 440 g/mol. The van der Waals surface area contributed by atoms with Crippen molar-refractivity contribution in [3.05, 3.63) is 83.8 Å². The minimum Gasteiger partial charge on any atom is -0.321 e. The molecule has 1 amide bonds. The van der Waals surface area contributed by atoms with E-state index in [9.17, 15) is 13.2 Å². The molecule has 3 N–H and O–H groups in total. The monoisotopic (exact) mass is 454 g/mol. The van der Waals surface area contributed by atoms with E-state index in [0.717, 1.165) is 5.56 Å². The van der Waals surface area contributed by atoms with Gasteiger partial charge >= 0.3 is 0 Å². The maximum atomic E-state index is 12.5. The Balaban J connectivity index is 1.44. The van der Waals surface area contributed by atoms with E-state index < -0.39 is 15.9 Å². The molecule has 11 heteroatoms. The van der Waals surface area contributed by atoms with Crippen molar-refractivity contribution in [3.8, 4) is 11.3 Å². The number of carbonyl (C=O) groups excluding carboxylic acids is 1. The average molecular weight is 455 g/mol. The lowest BCUT2D eigenvalue weighted by Gasteiger charge is -2.08. The van der Waals surface area contributed by atoms with Gasteiger partial charge in [-0.05, 0) is 48.5 Å². The summed E-state index contributed by atoms with van der Waals surface area (Å²) in [5, 5.41) is 10.1. The molecule has 0 spiro atoms. The number of nitrogens with one attached hydrogen (secondary N) is 3. The molecular formula is C20H15ClN6O3S. The van der Waals surface area contributed by atoms with Crippen molar-refractivity contribution < 1.29 is 13.2 Å². The first kappa shape index (κ1) is 20.5. The number of rotatable bonds is 6. The molecule has 2 aromatic carbocycles. The molecule has 0 aliphatic heterocycles. The molecule has 4 aromatic rings. The fourth-order valence-corrected chi connectivity index (χ4v) is 3.74. The normalized spacial score (nSPS) is 11.1. The van der Waals surface area contributed by atoms with Gasteiger partial charge in [-0.15, -0.1) is 0 Å². The summed E-state index contributed by atoms with van der Waals surface area (Å²) in [6, 6.07) is 16.0. The average Bonchev–Trinajstić information content (AvgIpc) is 3.25. The van der Waals surface area contributed by atoms with Crippen LogP contribution in [0.2, 0.25) is 5.02 Å². The fraction of sp³-hybridized carbons (Fsp3) is 0. The van der Waals surface area contributed by atoms with Crippen LogP contribution in [0.25, 0.3) is 11.3 Å². The van der Waals surface area contributed by atoms with Gasteiger partial charge in [0.05, 0.1) is 10.6 Å². The third kappa shape index (κ3) is 4.87. The maximum Gasteiger partial charge on any atom is 0.273 e. The molecule has 0 atom stereocenters. The number of nitrogens with zero attached hydrogens (tertiary/aromatic N) is 3. The van der Waals surface area contributed by atoms with Crippen LogP contribution in [-0.4, -0.2) is 34.5 Å². The lowest BCUT2D eigenvalue weighted by atomic mass is 10.1. The summed E-state index contributed by atoms with van der Waals surface area (Å²) >= 11 is 5.88. The molecule has 9 nitrogen and oxygen atoms in total. The van der Waals surface area contributed by atoms with Crippen LogP contribution in [0.3, 0.4) is 0 Å². The van der Waals surface area contributed by atoms with E-state index >= 15 is 0 Å². The predicted octanol–water partition coefficient (Wildman–Crippen LogP) is 3.57. The Labute approximate surface area is 182 Å². The van der Waals surface area contributed by atoms with E-state index in [1.165, 1.54) is 36.7 Å². The molecule has 31 heavy (non-hydrogen) atoms. The number of halogens is 1. The van der Waals surface area contributed by atoms with Crippen molar-refractivity contribution in [2.24, 2.45) is 0 Å². The van der Waals surface area contributed by atoms with Gasteiger partial charge < -0.3 is 5.32 Å². The quantitative estimate of drug-likeness (QED) is 0.408. The van der Waals surface area contributed by atoms with E-state index in [0.29, 0.717) is 16.4 Å². The molecule has 0 bridgehead atoms. The van der Waals surface area contributed by atoms with Gasteiger partial charge in [0.1, 0.15) is 5.69 Å². The number of sulfonamides is 1. The molecule has 0 aliphatic rings. The van der Waals surface area contributed by atoms with Gasteiger partial charge in [-0.1, -0.05) is 23.7 Å². The second kappa shape index (κ2) is 8.54. The minimum absolute atomic E-state index is 0.00418. The molecule has 0 radical (unpaired) electrons. The predicted molar refractivity (Wildman–Crippen MR) is 116 cm³/mol. The molecule has 0 fully saturated rings. The third-order valence-electron chi connectivity index (χ3n) is 4.18. The Morgan fingerprint density at radius 3 is 2.32 bits per heavy atom. The lowest BCUT2D eigenvalue weighted by Crippen LogP contribution is -2.15. The van der Waals surface area contributed by atoms with Gasteiger partial charge in [-0.3, -0.25) is 9.89 Å². The minimum atomic E-state index is -3.85. The summed E-state index contributed by atoms with van der Waals surface area (Å²) < 4.78 is 27.1. The first-order valence-corrected chi connectivity index (χ1v) is 10.8. The van der Waals surface area contributed by atoms with Crippen molar-refractivity contribution in [1.29, 1.82) is 0 Å². The van der Waals surface area contributed by atoms with E-state index in [1.807, 2.05) is 0 Å². The number of aromatic amines is 1. The van der Waals surface area contributed by atoms with Crippen LogP contribution < -0.4 is 10.0 Å². The first-order chi connectivity index (χ1) is 14.9. The van der Waals surface area contributed by atoms with Gasteiger partial charge in [0.2, 0.25) is 5.95 Å². The van der Waals surface area contributed by atoms with Crippen molar-refractivity contribution in [2.45, 2.75) is 4.90 Å². The fourth-order valence-electron chi connectivity index (χ4n) is 2.65. The zero-order chi connectivity index (χ0) is 21.8. The van der Waals surface area contributed by atoms with Crippen LogP contribution in [0.15, 0.2) is 78.0 Å². The van der Waals surface area contributed by atoms with Crippen molar-refractivity contribution >= 4 is 39.2 Å². The van der Waals surface area contributed by atoms with Crippen LogP contribution in [0.1, 0.15) is 10.5 Å². The summed E-state index contributed by atoms with van der Waals surface area (Å²) in [6.45, 7) is 0. The topological polar surface area (TPSA) is 130 Å². The van der Waals surface area contributed by atoms with Crippen molar-refractivity contribution in [1.82, 2.24) is 20.2 Å². The van der Waals surface area contributed by atoms with Gasteiger partial charge in [0.25, 0.3) is 15.9 Å². The molecule has 156 valence electrons. The van der Waals surface area contributed by atoms with Crippen LogP contribution in [-0.2, 0) is 10.0 Å². The maximum absolute atomic E-state index is 12.5. The Bertz CT molecular complexity index is 1310. The highest BCUT2D eigenvalue weighted by atomic mass is 35.5. The number of amides is 1.